The molecule has 5 rings (SSSR count). The topological polar surface area (TPSA) is 79.8 Å². The van der Waals surface area contributed by atoms with Crippen molar-refractivity contribution in [3.63, 3.8) is 0 Å². The lowest BCUT2D eigenvalue weighted by molar-refractivity contribution is 0.291. The summed E-state index contributed by atoms with van der Waals surface area (Å²) in [5.74, 6) is 1.75. The summed E-state index contributed by atoms with van der Waals surface area (Å²) >= 11 is 0. The number of benzene rings is 1. The van der Waals surface area contributed by atoms with E-state index < -0.39 is 0 Å². The number of anilines is 1. The van der Waals surface area contributed by atoms with Crippen molar-refractivity contribution in [2.45, 2.75) is 18.9 Å². The van der Waals surface area contributed by atoms with Crippen molar-refractivity contribution in [1.82, 2.24) is 24.9 Å². The lowest BCUT2D eigenvalue weighted by Crippen LogP contribution is -2.35. The van der Waals surface area contributed by atoms with Crippen LogP contribution in [0.4, 0.5) is 5.82 Å². The fraction of sp³-hybridized carbons (Fsp3) is 0.263. The number of fused-ring (bicyclic) bond motifs is 2. The number of imidazole rings is 1. The van der Waals surface area contributed by atoms with Crippen LogP contribution in [-0.4, -0.2) is 44.1 Å². The number of hydrogen-bond acceptors (Lipinski definition) is 6. The lowest BCUT2D eigenvalue weighted by Gasteiger charge is -2.25. The van der Waals surface area contributed by atoms with E-state index in [1.54, 1.807) is 18.9 Å². The van der Waals surface area contributed by atoms with Crippen molar-refractivity contribution in [2.75, 3.05) is 18.1 Å². The van der Waals surface area contributed by atoms with E-state index in [0.717, 1.165) is 53.0 Å². The molecule has 130 valence electrons. The molecule has 26 heavy (non-hydrogen) atoms. The Bertz CT molecular complexity index is 1060. The average Bonchev–Trinajstić information content (AvgIpc) is 3.35. The van der Waals surface area contributed by atoms with Crippen LogP contribution in [-0.2, 0) is 0 Å². The fourth-order valence-electron chi connectivity index (χ4n) is 3.63. The van der Waals surface area contributed by atoms with Gasteiger partial charge in [-0.25, -0.2) is 15.0 Å². The fourth-order valence-corrected chi connectivity index (χ4v) is 3.63. The summed E-state index contributed by atoms with van der Waals surface area (Å²) < 4.78 is 6.20. The van der Waals surface area contributed by atoms with Gasteiger partial charge >= 0.3 is 0 Å². The van der Waals surface area contributed by atoms with E-state index >= 15 is 0 Å². The molecular weight excluding hydrogens is 328 g/mol. The second-order valence-corrected chi connectivity index (χ2v) is 6.42. The highest BCUT2D eigenvalue weighted by atomic mass is 16.5. The van der Waals surface area contributed by atoms with Crippen LogP contribution in [0.25, 0.3) is 22.1 Å². The monoisotopic (exact) mass is 346 g/mol. The molecule has 4 aromatic rings. The molecule has 1 atom stereocenters. The molecule has 0 spiro atoms. The SMILES string of the molecule is c1ccc2c(OC[C@H]3CCCN3c3ncnc4[nH]cnc34)ccnc2c1. The Morgan fingerprint density at radius 2 is 2.08 bits per heavy atom. The molecule has 1 fully saturated rings. The Morgan fingerprint density at radius 3 is 3.08 bits per heavy atom. The molecule has 1 aromatic carbocycles. The Kier molecular flexibility index (Phi) is 3.62. The molecule has 0 amide bonds. The molecule has 3 aromatic heterocycles. The molecule has 7 heteroatoms. The summed E-state index contributed by atoms with van der Waals surface area (Å²) in [7, 11) is 0. The number of ether oxygens (including phenoxy) is 1. The van der Waals surface area contributed by atoms with E-state index in [1.807, 2.05) is 30.3 Å². The molecule has 1 aliphatic rings. The molecule has 0 aliphatic carbocycles. The van der Waals surface area contributed by atoms with Gasteiger partial charge in [-0.15, -0.1) is 0 Å². The van der Waals surface area contributed by atoms with Gasteiger partial charge in [0.25, 0.3) is 0 Å². The van der Waals surface area contributed by atoms with E-state index in [2.05, 4.69) is 29.8 Å². The Balaban J connectivity index is 1.40. The lowest BCUT2D eigenvalue weighted by atomic mass is 10.2. The van der Waals surface area contributed by atoms with Crippen LogP contribution in [0.5, 0.6) is 5.75 Å². The zero-order valence-corrected chi connectivity index (χ0v) is 14.2. The summed E-state index contributed by atoms with van der Waals surface area (Å²) in [6.07, 6.45) is 7.22. The number of nitrogens with one attached hydrogen (secondary N) is 1. The molecule has 0 saturated carbocycles. The summed E-state index contributed by atoms with van der Waals surface area (Å²) in [6, 6.07) is 10.2. The van der Waals surface area contributed by atoms with E-state index in [1.165, 1.54) is 0 Å². The minimum atomic E-state index is 0.261. The van der Waals surface area contributed by atoms with Crippen LogP contribution < -0.4 is 9.64 Å². The molecule has 1 aliphatic heterocycles. The smallest absolute Gasteiger partial charge is 0.162 e. The van der Waals surface area contributed by atoms with E-state index in [0.29, 0.717) is 6.61 Å². The van der Waals surface area contributed by atoms with Gasteiger partial charge in [-0.1, -0.05) is 12.1 Å². The average molecular weight is 346 g/mol. The number of pyridine rings is 1. The number of aromatic nitrogens is 5. The first-order chi connectivity index (χ1) is 12.9. The maximum Gasteiger partial charge on any atom is 0.162 e. The number of hydrogen-bond donors (Lipinski definition) is 1. The molecule has 7 nitrogen and oxygen atoms in total. The molecule has 0 bridgehead atoms. The van der Waals surface area contributed by atoms with E-state index in [4.69, 9.17) is 4.74 Å². The first-order valence-electron chi connectivity index (χ1n) is 8.77. The minimum absolute atomic E-state index is 0.261. The van der Waals surface area contributed by atoms with Crippen molar-refractivity contribution in [3.8, 4) is 5.75 Å². The first-order valence-corrected chi connectivity index (χ1v) is 8.77. The van der Waals surface area contributed by atoms with Gasteiger partial charge in [-0.2, -0.15) is 0 Å². The van der Waals surface area contributed by atoms with Crippen molar-refractivity contribution in [2.24, 2.45) is 0 Å². The maximum atomic E-state index is 6.20. The highest BCUT2D eigenvalue weighted by Gasteiger charge is 2.28. The molecule has 1 saturated heterocycles. The van der Waals surface area contributed by atoms with Crippen molar-refractivity contribution >= 4 is 27.9 Å². The highest BCUT2D eigenvalue weighted by Crippen LogP contribution is 2.29. The highest BCUT2D eigenvalue weighted by molar-refractivity contribution is 5.85. The third-order valence-corrected chi connectivity index (χ3v) is 4.89. The van der Waals surface area contributed by atoms with Crippen LogP contribution in [0, 0.1) is 0 Å². The number of para-hydroxylation sites is 1. The second kappa shape index (κ2) is 6.25. The molecule has 0 radical (unpaired) electrons. The van der Waals surface area contributed by atoms with Crippen LogP contribution in [0.1, 0.15) is 12.8 Å². The normalized spacial score (nSPS) is 17.2. The van der Waals surface area contributed by atoms with Gasteiger partial charge in [0.15, 0.2) is 11.5 Å². The largest absolute Gasteiger partial charge is 0.491 e. The van der Waals surface area contributed by atoms with Crippen LogP contribution in [0.15, 0.2) is 49.2 Å². The predicted octanol–water partition coefficient (Wildman–Crippen LogP) is 2.95. The first kappa shape index (κ1) is 15.1. The van der Waals surface area contributed by atoms with E-state index in [9.17, 15) is 0 Å². The van der Waals surface area contributed by atoms with Gasteiger partial charge in [0.2, 0.25) is 0 Å². The number of aromatic amines is 1. The molecule has 0 unspecified atom stereocenters. The maximum absolute atomic E-state index is 6.20. The second-order valence-electron chi connectivity index (χ2n) is 6.42. The van der Waals surface area contributed by atoms with Crippen LogP contribution in [0.3, 0.4) is 0 Å². The Labute approximate surface area is 150 Å². The third kappa shape index (κ3) is 2.52. The van der Waals surface area contributed by atoms with Crippen molar-refractivity contribution in [1.29, 1.82) is 0 Å². The summed E-state index contributed by atoms with van der Waals surface area (Å²) in [5.41, 5.74) is 2.53. The Morgan fingerprint density at radius 1 is 1.12 bits per heavy atom. The third-order valence-electron chi connectivity index (χ3n) is 4.89. The standard InChI is InChI=1S/C19H18N6O/c1-2-6-15-14(5-1)16(7-8-20-15)26-10-13-4-3-9-25(13)19-17-18(22-11-21-17)23-12-24-19/h1-2,5-8,11-13H,3-4,9-10H2,(H,21,22,23,24)/t13-/m1/s1. The van der Waals surface area contributed by atoms with E-state index in [-0.39, 0.29) is 6.04 Å². The molecule has 1 N–H and O–H groups in total. The van der Waals surface area contributed by atoms with Crippen molar-refractivity contribution < 1.29 is 4.74 Å². The van der Waals surface area contributed by atoms with Gasteiger partial charge in [0.1, 0.15) is 24.2 Å². The quantitative estimate of drug-likeness (QED) is 0.612. The number of H-pyrrole nitrogens is 1. The summed E-state index contributed by atoms with van der Waals surface area (Å²) in [6.45, 7) is 1.55. The van der Waals surface area contributed by atoms with Gasteiger partial charge in [-0.3, -0.25) is 4.98 Å². The molecular formula is C19H18N6O. The number of nitrogens with zero attached hydrogens (tertiary/aromatic N) is 5. The van der Waals surface area contributed by atoms with Crippen molar-refractivity contribution in [3.05, 3.63) is 49.2 Å². The minimum Gasteiger partial charge on any atom is -0.491 e. The zero-order valence-electron chi connectivity index (χ0n) is 14.2. The van der Waals surface area contributed by atoms with Crippen LogP contribution >= 0.6 is 0 Å². The number of rotatable bonds is 4. The van der Waals surface area contributed by atoms with Gasteiger partial charge in [0.05, 0.1) is 17.9 Å². The summed E-state index contributed by atoms with van der Waals surface area (Å²) in [5, 5.41) is 1.04. The predicted molar refractivity (Wildman–Crippen MR) is 99.3 cm³/mol. The Hall–Kier alpha value is -3.22. The van der Waals surface area contributed by atoms with Crippen LogP contribution in [0.2, 0.25) is 0 Å². The summed E-state index contributed by atoms with van der Waals surface area (Å²) in [4.78, 5) is 22.8. The van der Waals surface area contributed by atoms with Gasteiger partial charge in [0, 0.05) is 18.1 Å². The molecule has 4 heterocycles. The van der Waals surface area contributed by atoms with Gasteiger partial charge in [-0.05, 0) is 31.0 Å². The van der Waals surface area contributed by atoms with Gasteiger partial charge < -0.3 is 14.6 Å². The zero-order chi connectivity index (χ0) is 17.3.